The highest BCUT2D eigenvalue weighted by molar-refractivity contribution is 5.96. The second-order valence-electron chi connectivity index (χ2n) is 7.19. The van der Waals surface area contributed by atoms with Crippen LogP contribution in [0.5, 0.6) is 0 Å². The smallest absolute Gasteiger partial charge is 0.253 e. The Morgan fingerprint density at radius 1 is 1.17 bits per heavy atom. The van der Waals surface area contributed by atoms with E-state index in [1.807, 2.05) is 17.9 Å². The molecular formula is C19H26N2O3. The lowest BCUT2D eigenvalue weighted by Gasteiger charge is -2.21. The molecule has 0 bridgehead atoms. The predicted octanol–water partition coefficient (Wildman–Crippen LogP) is 2.86. The van der Waals surface area contributed by atoms with Gasteiger partial charge in [0.15, 0.2) is 0 Å². The van der Waals surface area contributed by atoms with Crippen LogP contribution in [-0.2, 0) is 4.79 Å². The summed E-state index contributed by atoms with van der Waals surface area (Å²) < 4.78 is 0. The van der Waals surface area contributed by atoms with Gasteiger partial charge < -0.3 is 15.3 Å². The number of aryl methyl sites for hydroxylation is 1. The van der Waals surface area contributed by atoms with Gasteiger partial charge in [-0.1, -0.05) is 12.8 Å². The number of aliphatic hydroxyl groups is 1. The Kier molecular flexibility index (Phi) is 4.90. The highest BCUT2D eigenvalue weighted by atomic mass is 16.3. The molecule has 0 spiro atoms. The number of rotatable bonds is 4. The summed E-state index contributed by atoms with van der Waals surface area (Å²) in [6.07, 6.45) is 5.64. The first-order valence-corrected chi connectivity index (χ1v) is 8.89. The molecule has 5 nitrogen and oxygen atoms in total. The summed E-state index contributed by atoms with van der Waals surface area (Å²) in [6, 6.07) is 5.39. The maximum atomic E-state index is 12.4. The van der Waals surface area contributed by atoms with E-state index in [1.54, 1.807) is 12.1 Å². The van der Waals surface area contributed by atoms with Gasteiger partial charge in [0.2, 0.25) is 5.91 Å². The minimum absolute atomic E-state index is 0.0637. The number of hydrogen-bond donors (Lipinski definition) is 2. The van der Waals surface area contributed by atoms with Gasteiger partial charge in [-0.25, -0.2) is 0 Å². The Hall–Kier alpha value is -1.88. The van der Waals surface area contributed by atoms with Gasteiger partial charge in [0.25, 0.3) is 5.91 Å². The van der Waals surface area contributed by atoms with Crippen LogP contribution in [0.25, 0.3) is 0 Å². The molecule has 1 aliphatic heterocycles. The Balaban J connectivity index is 1.64. The first-order valence-electron chi connectivity index (χ1n) is 8.89. The fourth-order valence-corrected chi connectivity index (χ4v) is 3.74. The van der Waals surface area contributed by atoms with Gasteiger partial charge in [0.05, 0.1) is 12.0 Å². The number of carbonyl (C=O) groups excluding carboxylic acids is 2. The summed E-state index contributed by atoms with van der Waals surface area (Å²) in [5.41, 5.74) is 1.40. The normalized spacial score (nSPS) is 19.5. The van der Waals surface area contributed by atoms with Crippen molar-refractivity contribution in [3.8, 4) is 0 Å². The molecule has 2 fully saturated rings. The van der Waals surface area contributed by atoms with E-state index in [0.717, 1.165) is 44.3 Å². The van der Waals surface area contributed by atoms with Crippen LogP contribution in [0.15, 0.2) is 18.2 Å². The van der Waals surface area contributed by atoms with Crippen LogP contribution in [0, 0.1) is 6.92 Å². The average molecular weight is 330 g/mol. The zero-order valence-corrected chi connectivity index (χ0v) is 14.3. The summed E-state index contributed by atoms with van der Waals surface area (Å²) in [4.78, 5) is 26.5. The third-order valence-corrected chi connectivity index (χ3v) is 5.16. The van der Waals surface area contributed by atoms with E-state index in [1.165, 1.54) is 0 Å². The minimum atomic E-state index is -0.844. The van der Waals surface area contributed by atoms with Crippen LogP contribution in [0.1, 0.15) is 60.9 Å². The number of anilines is 1. The largest absolute Gasteiger partial charge is 0.389 e. The van der Waals surface area contributed by atoms with E-state index < -0.39 is 5.60 Å². The number of carbonyl (C=O) groups is 2. The van der Waals surface area contributed by atoms with Gasteiger partial charge in [-0.3, -0.25) is 9.59 Å². The monoisotopic (exact) mass is 330 g/mol. The summed E-state index contributed by atoms with van der Waals surface area (Å²) in [7, 11) is 0. The predicted molar refractivity (Wildman–Crippen MR) is 93.0 cm³/mol. The van der Waals surface area contributed by atoms with Crippen LogP contribution < -0.4 is 5.32 Å². The number of nitrogens with one attached hydrogen (secondary N) is 1. The van der Waals surface area contributed by atoms with E-state index in [2.05, 4.69) is 5.32 Å². The van der Waals surface area contributed by atoms with Gasteiger partial charge >= 0.3 is 0 Å². The first kappa shape index (κ1) is 17.0. The number of likely N-dealkylation sites (tertiary alicyclic amines) is 1. The van der Waals surface area contributed by atoms with E-state index in [9.17, 15) is 14.7 Å². The van der Waals surface area contributed by atoms with Gasteiger partial charge in [-0.15, -0.1) is 0 Å². The summed E-state index contributed by atoms with van der Waals surface area (Å²) >= 11 is 0. The lowest BCUT2D eigenvalue weighted by molar-refractivity contribution is -0.120. The number of amides is 2. The topological polar surface area (TPSA) is 69.6 Å². The second kappa shape index (κ2) is 6.93. The number of hydrogen-bond acceptors (Lipinski definition) is 3. The first-order chi connectivity index (χ1) is 11.5. The molecule has 5 heteroatoms. The zero-order chi connectivity index (χ0) is 17.2. The quantitative estimate of drug-likeness (QED) is 0.892. The van der Waals surface area contributed by atoms with Crippen LogP contribution in [-0.4, -0.2) is 40.5 Å². The summed E-state index contributed by atoms with van der Waals surface area (Å²) in [5, 5.41) is 13.2. The molecule has 3 rings (SSSR count). The second-order valence-corrected chi connectivity index (χ2v) is 7.19. The molecule has 0 aromatic heterocycles. The molecule has 0 radical (unpaired) electrons. The molecular weight excluding hydrogens is 304 g/mol. The molecule has 0 unspecified atom stereocenters. The molecule has 2 aliphatic rings. The molecule has 1 saturated heterocycles. The van der Waals surface area contributed by atoms with Gasteiger partial charge in [-0.2, -0.15) is 0 Å². The minimum Gasteiger partial charge on any atom is -0.389 e. The molecule has 1 aromatic rings. The molecule has 1 saturated carbocycles. The Morgan fingerprint density at radius 3 is 2.46 bits per heavy atom. The summed E-state index contributed by atoms with van der Waals surface area (Å²) in [5.74, 6) is -0.102. The fraction of sp³-hybridized carbons (Fsp3) is 0.579. The van der Waals surface area contributed by atoms with Crippen molar-refractivity contribution < 1.29 is 14.7 Å². The van der Waals surface area contributed by atoms with Crippen molar-refractivity contribution in [1.29, 1.82) is 0 Å². The van der Waals surface area contributed by atoms with E-state index >= 15 is 0 Å². The third kappa shape index (κ3) is 3.78. The van der Waals surface area contributed by atoms with Crippen molar-refractivity contribution in [3.63, 3.8) is 0 Å². The third-order valence-electron chi connectivity index (χ3n) is 5.16. The Labute approximate surface area is 143 Å². The van der Waals surface area contributed by atoms with Crippen molar-refractivity contribution in [2.45, 2.75) is 57.5 Å². The molecule has 1 aromatic carbocycles. The maximum Gasteiger partial charge on any atom is 0.253 e. The molecule has 24 heavy (non-hydrogen) atoms. The van der Waals surface area contributed by atoms with Gasteiger partial charge in [-0.05, 0) is 56.4 Å². The van der Waals surface area contributed by atoms with E-state index in [-0.39, 0.29) is 18.2 Å². The van der Waals surface area contributed by atoms with Crippen molar-refractivity contribution in [3.05, 3.63) is 29.3 Å². The number of benzene rings is 1. The van der Waals surface area contributed by atoms with Crippen molar-refractivity contribution in [1.82, 2.24) is 4.90 Å². The van der Waals surface area contributed by atoms with Crippen LogP contribution in [0.3, 0.4) is 0 Å². The molecule has 0 atom stereocenters. The standard InChI is InChI=1S/C19H26N2O3/c1-14-12-15(18(23)21-10-4-5-11-21)6-7-16(14)20-17(22)13-19(24)8-2-3-9-19/h6-7,12,24H,2-5,8-11,13H2,1H3,(H,20,22). The fourth-order valence-electron chi connectivity index (χ4n) is 3.74. The van der Waals surface area contributed by atoms with Crippen molar-refractivity contribution in [2.24, 2.45) is 0 Å². The van der Waals surface area contributed by atoms with Gasteiger partial charge in [0, 0.05) is 24.3 Å². The average Bonchev–Trinajstić information content (AvgIpc) is 3.20. The SMILES string of the molecule is Cc1cc(C(=O)N2CCCC2)ccc1NC(=O)CC1(O)CCCC1. The van der Waals surface area contributed by atoms with Gasteiger partial charge in [0.1, 0.15) is 0 Å². The molecule has 130 valence electrons. The van der Waals surface area contributed by atoms with Crippen molar-refractivity contribution in [2.75, 3.05) is 18.4 Å². The molecule has 2 amide bonds. The maximum absolute atomic E-state index is 12.4. The Bertz CT molecular complexity index is 629. The zero-order valence-electron chi connectivity index (χ0n) is 14.3. The highest BCUT2D eigenvalue weighted by Crippen LogP contribution is 2.32. The highest BCUT2D eigenvalue weighted by Gasteiger charge is 2.33. The van der Waals surface area contributed by atoms with Crippen molar-refractivity contribution >= 4 is 17.5 Å². The van der Waals surface area contributed by atoms with Crippen LogP contribution in [0.2, 0.25) is 0 Å². The lowest BCUT2D eigenvalue weighted by atomic mass is 9.97. The van der Waals surface area contributed by atoms with Crippen LogP contribution in [0.4, 0.5) is 5.69 Å². The van der Waals surface area contributed by atoms with E-state index in [4.69, 9.17) is 0 Å². The molecule has 1 heterocycles. The van der Waals surface area contributed by atoms with E-state index in [0.29, 0.717) is 24.1 Å². The lowest BCUT2D eigenvalue weighted by Crippen LogP contribution is -2.31. The molecule has 2 N–H and O–H groups in total. The Morgan fingerprint density at radius 2 is 1.83 bits per heavy atom. The molecule has 1 aliphatic carbocycles. The number of nitrogens with zero attached hydrogens (tertiary/aromatic N) is 1. The summed E-state index contributed by atoms with van der Waals surface area (Å²) in [6.45, 7) is 3.55. The van der Waals surface area contributed by atoms with Crippen LogP contribution >= 0.6 is 0 Å².